The van der Waals surface area contributed by atoms with Gasteiger partial charge in [-0.15, -0.1) is 0 Å². The maximum absolute atomic E-state index is 13.8. The topological polar surface area (TPSA) is 92.3 Å². The van der Waals surface area contributed by atoms with E-state index in [0.717, 1.165) is 34.3 Å². The van der Waals surface area contributed by atoms with E-state index in [0.29, 0.717) is 23.3 Å². The molecular formula is C27H23F3N4O2. The Morgan fingerprint density at radius 1 is 1.14 bits per heavy atom. The van der Waals surface area contributed by atoms with Gasteiger partial charge in [0.15, 0.2) is 0 Å². The van der Waals surface area contributed by atoms with E-state index < -0.39 is 23.9 Å². The number of hydrogen-bond acceptors (Lipinski definition) is 5. The minimum absolute atomic E-state index is 0.0657. The van der Waals surface area contributed by atoms with Gasteiger partial charge in [-0.25, -0.2) is 4.98 Å². The van der Waals surface area contributed by atoms with Crippen molar-refractivity contribution in [2.75, 3.05) is 5.73 Å². The number of nitrogens with zero attached hydrogens (tertiary/aromatic N) is 3. The molecular weight excluding hydrogens is 469 g/mol. The number of halogens is 3. The fourth-order valence-electron chi connectivity index (χ4n) is 4.63. The summed E-state index contributed by atoms with van der Waals surface area (Å²) in [6.45, 7) is 1.76. The lowest BCUT2D eigenvalue weighted by atomic mass is 10.0. The fourth-order valence-corrected chi connectivity index (χ4v) is 4.63. The SMILES string of the molecule is Cc1cc2cc(C(=O)N(Cc3ccc(C(F)(F)F)cn3)[C@@H]3Cc4ccccc4[C@H]3O)ccc2nc1N. The van der Waals surface area contributed by atoms with E-state index in [-0.39, 0.29) is 18.1 Å². The van der Waals surface area contributed by atoms with Crippen LogP contribution in [0.25, 0.3) is 10.9 Å². The molecule has 0 spiro atoms. The zero-order valence-corrected chi connectivity index (χ0v) is 19.3. The average Bonchev–Trinajstić information content (AvgIpc) is 3.18. The third-order valence-electron chi connectivity index (χ3n) is 6.60. The number of amides is 1. The van der Waals surface area contributed by atoms with E-state index in [9.17, 15) is 23.1 Å². The number of nitrogen functional groups attached to an aromatic ring is 1. The number of aromatic nitrogens is 2. The Kier molecular flexibility index (Phi) is 5.88. The second-order valence-corrected chi connectivity index (χ2v) is 8.98. The van der Waals surface area contributed by atoms with Crippen molar-refractivity contribution >= 4 is 22.6 Å². The molecule has 2 atom stereocenters. The average molecular weight is 493 g/mol. The third-order valence-corrected chi connectivity index (χ3v) is 6.60. The summed E-state index contributed by atoms with van der Waals surface area (Å²) in [6, 6.07) is 15.9. The smallest absolute Gasteiger partial charge is 0.386 e. The van der Waals surface area contributed by atoms with Gasteiger partial charge in [-0.1, -0.05) is 24.3 Å². The number of aliphatic hydroxyl groups is 1. The first-order chi connectivity index (χ1) is 17.1. The molecule has 0 unspecified atom stereocenters. The highest BCUT2D eigenvalue weighted by molar-refractivity contribution is 5.98. The Bertz CT molecular complexity index is 1450. The maximum Gasteiger partial charge on any atom is 0.417 e. The molecule has 0 saturated carbocycles. The van der Waals surface area contributed by atoms with Crippen LogP contribution in [-0.4, -0.2) is 31.9 Å². The molecule has 0 bridgehead atoms. The quantitative estimate of drug-likeness (QED) is 0.425. The van der Waals surface area contributed by atoms with Crippen LogP contribution in [-0.2, 0) is 19.1 Å². The van der Waals surface area contributed by atoms with E-state index in [1.165, 1.54) is 11.0 Å². The molecule has 1 aliphatic carbocycles. The van der Waals surface area contributed by atoms with Crippen LogP contribution in [0.2, 0.25) is 0 Å². The number of carbonyl (C=O) groups excluding carboxylic acids is 1. The summed E-state index contributed by atoms with van der Waals surface area (Å²) in [7, 11) is 0. The number of aryl methyl sites for hydroxylation is 1. The van der Waals surface area contributed by atoms with Crippen LogP contribution in [0.1, 0.15) is 44.4 Å². The zero-order chi connectivity index (χ0) is 25.6. The standard InChI is InChI=1S/C27H23F3N4O2/c1-15-10-18-11-17(6-9-22(18)33-25(15)31)26(36)34(14-20-8-7-19(13-32-20)27(28,29)30)23-12-16-4-2-3-5-21(16)24(23)35/h2-11,13,23-24,35H,12,14H2,1H3,(H2,31,33)/t23-,24-/m1/s1. The van der Waals surface area contributed by atoms with Gasteiger partial charge in [0.05, 0.1) is 35.5 Å². The van der Waals surface area contributed by atoms with Crippen molar-refractivity contribution in [3.63, 3.8) is 0 Å². The van der Waals surface area contributed by atoms with Gasteiger partial charge in [0.1, 0.15) is 5.82 Å². The molecule has 2 aromatic carbocycles. The molecule has 0 saturated heterocycles. The molecule has 9 heteroatoms. The molecule has 4 aromatic rings. The lowest BCUT2D eigenvalue weighted by molar-refractivity contribution is -0.137. The highest BCUT2D eigenvalue weighted by Gasteiger charge is 2.38. The Hall–Kier alpha value is -3.98. The summed E-state index contributed by atoms with van der Waals surface area (Å²) >= 11 is 0. The van der Waals surface area contributed by atoms with Gasteiger partial charge in [0.25, 0.3) is 5.91 Å². The summed E-state index contributed by atoms with van der Waals surface area (Å²) in [6.07, 6.45) is -4.28. The summed E-state index contributed by atoms with van der Waals surface area (Å²) in [5.74, 6) is 0.0355. The van der Waals surface area contributed by atoms with Crippen molar-refractivity contribution in [1.82, 2.24) is 14.9 Å². The Balaban J connectivity index is 1.52. The molecule has 1 amide bonds. The van der Waals surface area contributed by atoms with Gasteiger partial charge < -0.3 is 15.7 Å². The van der Waals surface area contributed by atoms with E-state index in [1.807, 2.05) is 37.3 Å². The van der Waals surface area contributed by atoms with Crippen molar-refractivity contribution < 1.29 is 23.1 Å². The van der Waals surface area contributed by atoms with Crippen molar-refractivity contribution in [2.24, 2.45) is 0 Å². The van der Waals surface area contributed by atoms with Crippen molar-refractivity contribution in [3.05, 3.63) is 100 Å². The largest absolute Gasteiger partial charge is 0.417 e. The second kappa shape index (κ2) is 8.91. The van der Waals surface area contributed by atoms with Crippen LogP contribution < -0.4 is 5.73 Å². The summed E-state index contributed by atoms with van der Waals surface area (Å²) in [5.41, 5.74) is 8.75. The molecule has 36 heavy (non-hydrogen) atoms. The third kappa shape index (κ3) is 4.37. The number of aliphatic hydroxyl groups excluding tert-OH is 1. The molecule has 184 valence electrons. The minimum Gasteiger partial charge on any atom is -0.386 e. The summed E-state index contributed by atoms with van der Waals surface area (Å²) < 4.78 is 39.0. The van der Waals surface area contributed by atoms with Gasteiger partial charge in [-0.3, -0.25) is 9.78 Å². The fraction of sp³-hybridized carbons (Fsp3) is 0.222. The van der Waals surface area contributed by atoms with Crippen LogP contribution in [0.4, 0.5) is 19.0 Å². The predicted molar refractivity (Wildman–Crippen MR) is 129 cm³/mol. The first-order valence-electron chi connectivity index (χ1n) is 11.4. The van der Waals surface area contributed by atoms with Crippen LogP contribution >= 0.6 is 0 Å². The zero-order valence-electron chi connectivity index (χ0n) is 19.3. The highest BCUT2D eigenvalue weighted by atomic mass is 19.4. The minimum atomic E-state index is -4.51. The highest BCUT2D eigenvalue weighted by Crippen LogP contribution is 2.36. The van der Waals surface area contributed by atoms with Crippen LogP contribution in [0.15, 0.2) is 66.9 Å². The van der Waals surface area contributed by atoms with Gasteiger partial charge in [0.2, 0.25) is 0 Å². The van der Waals surface area contributed by atoms with E-state index in [2.05, 4.69) is 9.97 Å². The van der Waals surface area contributed by atoms with E-state index >= 15 is 0 Å². The van der Waals surface area contributed by atoms with Gasteiger partial charge >= 0.3 is 6.18 Å². The first-order valence-corrected chi connectivity index (χ1v) is 11.4. The van der Waals surface area contributed by atoms with Gasteiger partial charge in [-0.05, 0) is 66.4 Å². The number of nitrogens with two attached hydrogens (primary N) is 1. The predicted octanol–water partition coefficient (Wildman–Crippen LogP) is 4.84. The van der Waals surface area contributed by atoms with Crippen molar-refractivity contribution in [2.45, 2.75) is 38.2 Å². The normalized spacial score (nSPS) is 17.2. The van der Waals surface area contributed by atoms with Crippen molar-refractivity contribution in [1.29, 1.82) is 0 Å². The molecule has 2 aromatic heterocycles. The summed E-state index contributed by atoms with van der Waals surface area (Å²) in [4.78, 5) is 23.6. The number of pyridine rings is 2. The number of benzene rings is 2. The maximum atomic E-state index is 13.8. The number of rotatable bonds is 4. The molecule has 2 heterocycles. The molecule has 0 fully saturated rings. The first kappa shape index (κ1) is 23.7. The van der Waals surface area contributed by atoms with E-state index in [1.54, 1.807) is 18.2 Å². The van der Waals surface area contributed by atoms with Gasteiger partial charge in [0, 0.05) is 17.1 Å². The Labute approximate surface area is 205 Å². The number of fused-ring (bicyclic) bond motifs is 2. The lowest BCUT2D eigenvalue weighted by Crippen LogP contribution is -2.42. The van der Waals surface area contributed by atoms with E-state index in [4.69, 9.17) is 5.73 Å². The molecule has 6 nitrogen and oxygen atoms in total. The molecule has 3 N–H and O–H groups in total. The van der Waals surface area contributed by atoms with Gasteiger partial charge in [-0.2, -0.15) is 13.2 Å². The molecule has 1 aliphatic rings. The van der Waals surface area contributed by atoms with Crippen LogP contribution in [0, 0.1) is 6.92 Å². The number of hydrogen-bond donors (Lipinski definition) is 2. The molecule has 0 aliphatic heterocycles. The summed E-state index contributed by atoms with van der Waals surface area (Å²) in [5, 5.41) is 11.8. The number of carbonyl (C=O) groups is 1. The Morgan fingerprint density at radius 3 is 2.61 bits per heavy atom. The Morgan fingerprint density at radius 2 is 1.92 bits per heavy atom. The number of alkyl halides is 3. The number of anilines is 1. The lowest BCUT2D eigenvalue weighted by Gasteiger charge is -2.31. The van der Waals surface area contributed by atoms with Crippen LogP contribution in [0.5, 0.6) is 0 Å². The second-order valence-electron chi connectivity index (χ2n) is 8.98. The monoisotopic (exact) mass is 492 g/mol. The van der Waals surface area contributed by atoms with Crippen LogP contribution in [0.3, 0.4) is 0 Å². The van der Waals surface area contributed by atoms with Crippen molar-refractivity contribution in [3.8, 4) is 0 Å². The molecule has 0 radical (unpaired) electrons. The molecule has 5 rings (SSSR count).